The SMILES string of the molecule is C=C/C=C\C.N=C1c2ccccc2-c2cccc(-c3ccc4cc(-n5c6ccccc6c6cc(-c7ccc8c(c7)C(c7ccccc7)(c7ccccc7)c7ccccc7-8)ccc65)ccc4c3)c21. The average Bonchev–Trinajstić information content (AvgIpc) is 4.00. The Bertz CT molecular complexity index is 3750. The first-order chi connectivity index (χ1) is 33.1. The Morgan fingerprint density at radius 1 is 0.433 bits per heavy atom. The van der Waals surface area contributed by atoms with Gasteiger partial charge in [0.1, 0.15) is 0 Å². The van der Waals surface area contributed by atoms with E-state index in [1.807, 2.05) is 25.1 Å². The molecule has 0 unspecified atom stereocenters. The van der Waals surface area contributed by atoms with Crippen LogP contribution in [-0.4, -0.2) is 10.3 Å². The van der Waals surface area contributed by atoms with E-state index in [1.54, 1.807) is 6.08 Å². The molecule has 67 heavy (non-hydrogen) atoms. The Labute approximate surface area is 391 Å². The Morgan fingerprint density at radius 2 is 1.01 bits per heavy atom. The van der Waals surface area contributed by atoms with Gasteiger partial charge in [-0.1, -0.05) is 207 Å². The smallest absolute Gasteiger partial charge is 0.0713 e. The van der Waals surface area contributed by atoms with Crippen molar-refractivity contribution in [3.63, 3.8) is 0 Å². The molecule has 0 fully saturated rings. The number of benzene rings is 10. The second-order valence-electron chi connectivity index (χ2n) is 17.5. The average molecular weight is 855 g/mol. The van der Waals surface area contributed by atoms with Gasteiger partial charge in [0.15, 0.2) is 0 Å². The zero-order valence-electron chi connectivity index (χ0n) is 37.2. The van der Waals surface area contributed by atoms with Crippen LogP contribution in [0.3, 0.4) is 0 Å². The molecule has 2 nitrogen and oxygen atoms in total. The van der Waals surface area contributed by atoms with E-state index in [4.69, 9.17) is 5.41 Å². The molecule has 2 heteroatoms. The molecule has 1 aromatic heterocycles. The van der Waals surface area contributed by atoms with E-state index >= 15 is 0 Å². The zero-order valence-corrected chi connectivity index (χ0v) is 37.2. The highest BCUT2D eigenvalue weighted by Crippen LogP contribution is 2.57. The third-order valence-corrected chi connectivity index (χ3v) is 14.0. The van der Waals surface area contributed by atoms with Crippen molar-refractivity contribution in [2.75, 3.05) is 0 Å². The van der Waals surface area contributed by atoms with Crippen LogP contribution < -0.4 is 0 Å². The van der Waals surface area contributed by atoms with Crippen LogP contribution in [-0.2, 0) is 5.41 Å². The summed E-state index contributed by atoms with van der Waals surface area (Å²) in [5, 5.41) is 13.9. The fourth-order valence-electron chi connectivity index (χ4n) is 11.1. The van der Waals surface area contributed by atoms with Gasteiger partial charge in [-0.3, -0.25) is 5.41 Å². The standard InChI is InChI=1S/C60H38N2.C5H8/c61-59-52-21-8-7-18-47(52)51-23-13-22-46(58(51)59)42-27-26-39-35-45(31-28-38(39)34-42)62-56-25-12-10-20-50(56)53-36-40(30-33-57(53)62)41-29-32-49-48-19-9-11-24-54(48)60(55(49)37-41,43-14-3-1-4-15-43)44-16-5-2-6-17-44;1-3-5-4-2/h1-37,61H;3-5H,1H2,2H3/b;5-4-. The lowest BCUT2D eigenvalue weighted by molar-refractivity contribution is 0.769. The normalized spacial score (nSPS) is 13.0. The minimum atomic E-state index is -0.447. The number of fused-ring (bicyclic) bond motifs is 10. The fraction of sp³-hybridized carbons (Fsp3) is 0.0308. The summed E-state index contributed by atoms with van der Waals surface area (Å²) in [6, 6.07) is 82.2. The molecule has 0 saturated heterocycles. The van der Waals surface area contributed by atoms with Gasteiger partial charge in [-0.25, -0.2) is 0 Å². The summed E-state index contributed by atoms with van der Waals surface area (Å²) in [6.45, 7) is 5.42. The van der Waals surface area contributed by atoms with Gasteiger partial charge in [0.25, 0.3) is 0 Å². The zero-order chi connectivity index (χ0) is 45.1. The van der Waals surface area contributed by atoms with E-state index in [-0.39, 0.29) is 0 Å². The van der Waals surface area contributed by atoms with Gasteiger partial charge in [0.2, 0.25) is 0 Å². The summed E-state index contributed by atoms with van der Waals surface area (Å²) >= 11 is 0. The minimum Gasteiger partial charge on any atom is -0.309 e. The Hall–Kier alpha value is -8.59. The first-order valence-electron chi connectivity index (χ1n) is 23.1. The topological polar surface area (TPSA) is 28.8 Å². The van der Waals surface area contributed by atoms with Crippen molar-refractivity contribution in [3.8, 4) is 50.2 Å². The first-order valence-corrected chi connectivity index (χ1v) is 23.1. The van der Waals surface area contributed by atoms with E-state index in [2.05, 4.69) is 230 Å². The van der Waals surface area contributed by atoms with E-state index in [0.29, 0.717) is 5.71 Å². The molecular formula is C65H46N2. The van der Waals surface area contributed by atoms with Gasteiger partial charge in [0.05, 0.1) is 22.2 Å². The highest BCUT2D eigenvalue weighted by molar-refractivity contribution is 6.26. The van der Waals surface area contributed by atoms with Crippen LogP contribution in [0.4, 0.5) is 0 Å². The number of hydrogen-bond donors (Lipinski definition) is 1. The van der Waals surface area contributed by atoms with Crippen molar-refractivity contribution in [1.29, 1.82) is 5.41 Å². The predicted octanol–water partition coefficient (Wildman–Crippen LogP) is 16.8. The van der Waals surface area contributed by atoms with Crippen molar-refractivity contribution in [2.24, 2.45) is 0 Å². The molecule has 2 aliphatic rings. The van der Waals surface area contributed by atoms with E-state index in [9.17, 15) is 0 Å². The van der Waals surface area contributed by atoms with Gasteiger partial charge < -0.3 is 4.57 Å². The molecule has 1 heterocycles. The molecule has 0 aliphatic heterocycles. The van der Waals surface area contributed by atoms with E-state index < -0.39 is 5.41 Å². The highest BCUT2D eigenvalue weighted by atomic mass is 15.0. The second-order valence-corrected chi connectivity index (χ2v) is 17.5. The number of aromatic nitrogens is 1. The quantitative estimate of drug-likeness (QED) is 0.162. The largest absolute Gasteiger partial charge is 0.309 e. The Morgan fingerprint density at radius 3 is 1.78 bits per heavy atom. The van der Waals surface area contributed by atoms with Crippen molar-refractivity contribution < 1.29 is 0 Å². The molecule has 0 amide bonds. The first kappa shape index (κ1) is 40.0. The minimum absolute atomic E-state index is 0.447. The molecule has 1 N–H and O–H groups in total. The van der Waals surface area contributed by atoms with Crippen LogP contribution >= 0.6 is 0 Å². The summed E-state index contributed by atoms with van der Waals surface area (Å²) in [5.41, 5.74) is 20.4. The van der Waals surface area contributed by atoms with Crippen LogP contribution in [0, 0.1) is 5.41 Å². The van der Waals surface area contributed by atoms with E-state index in [1.165, 1.54) is 77.1 Å². The number of nitrogens with zero attached hydrogens (tertiary/aromatic N) is 1. The van der Waals surface area contributed by atoms with Crippen molar-refractivity contribution in [2.45, 2.75) is 12.3 Å². The molecule has 0 saturated carbocycles. The van der Waals surface area contributed by atoms with Crippen LogP contribution in [0.15, 0.2) is 249 Å². The van der Waals surface area contributed by atoms with Crippen LogP contribution in [0.25, 0.3) is 82.8 Å². The highest BCUT2D eigenvalue weighted by Gasteiger charge is 2.46. The summed E-state index contributed by atoms with van der Waals surface area (Å²) in [7, 11) is 0. The maximum absolute atomic E-state index is 9.10. The fourth-order valence-corrected chi connectivity index (χ4v) is 11.1. The van der Waals surface area contributed by atoms with Crippen molar-refractivity contribution in [3.05, 3.63) is 283 Å². The maximum atomic E-state index is 9.10. The summed E-state index contributed by atoms with van der Waals surface area (Å²) < 4.78 is 2.42. The number of hydrogen-bond acceptors (Lipinski definition) is 1. The third-order valence-electron chi connectivity index (χ3n) is 14.0. The lowest BCUT2D eigenvalue weighted by Gasteiger charge is -2.34. The molecule has 11 aromatic rings. The van der Waals surface area contributed by atoms with Crippen molar-refractivity contribution in [1.82, 2.24) is 4.57 Å². The number of rotatable bonds is 6. The van der Waals surface area contributed by atoms with Crippen LogP contribution in [0.5, 0.6) is 0 Å². The number of allylic oxidation sites excluding steroid dienone is 3. The maximum Gasteiger partial charge on any atom is 0.0713 e. The summed E-state index contributed by atoms with van der Waals surface area (Å²) in [5.74, 6) is 0. The summed E-state index contributed by atoms with van der Waals surface area (Å²) in [4.78, 5) is 0. The predicted molar refractivity (Wildman–Crippen MR) is 283 cm³/mol. The third kappa shape index (κ3) is 6.21. The van der Waals surface area contributed by atoms with Gasteiger partial charge >= 0.3 is 0 Å². The molecule has 13 rings (SSSR count). The molecule has 316 valence electrons. The molecule has 0 bridgehead atoms. The van der Waals surface area contributed by atoms with E-state index in [0.717, 1.165) is 39.1 Å². The molecule has 0 atom stereocenters. The lowest BCUT2D eigenvalue weighted by Crippen LogP contribution is -2.28. The molecule has 2 aliphatic carbocycles. The lowest BCUT2D eigenvalue weighted by atomic mass is 9.67. The Kier molecular flexibility index (Phi) is 9.62. The second kappa shape index (κ2) is 16.1. The van der Waals surface area contributed by atoms with Crippen LogP contribution in [0.1, 0.15) is 40.3 Å². The molecular weight excluding hydrogens is 809 g/mol. The van der Waals surface area contributed by atoms with Gasteiger partial charge in [-0.05, 0) is 127 Å². The Balaban J connectivity index is 0.000000892. The van der Waals surface area contributed by atoms with Gasteiger partial charge in [-0.15, -0.1) is 0 Å². The number of nitrogens with one attached hydrogen (secondary N) is 1. The monoisotopic (exact) mass is 854 g/mol. The molecule has 0 radical (unpaired) electrons. The molecule has 10 aromatic carbocycles. The van der Waals surface area contributed by atoms with Crippen molar-refractivity contribution >= 4 is 38.3 Å². The molecule has 0 spiro atoms. The summed E-state index contributed by atoms with van der Waals surface area (Å²) in [6.07, 6.45) is 5.58. The van der Waals surface area contributed by atoms with Gasteiger partial charge in [-0.2, -0.15) is 0 Å². The van der Waals surface area contributed by atoms with Gasteiger partial charge in [0, 0.05) is 27.6 Å². The van der Waals surface area contributed by atoms with Crippen LogP contribution in [0.2, 0.25) is 0 Å². The number of para-hydroxylation sites is 1.